The Kier molecular flexibility index (Phi) is 10.7. The molecule has 1 aliphatic heterocycles. The number of benzene rings is 1. The van der Waals surface area contributed by atoms with Crippen molar-refractivity contribution in [3.63, 3.8) is 0 Å². The number of hydrogen-bond donors (Lipinski definition) is 2. The van der Waals surface area contributed by atoms with Gasteiger partial charge in [-0.05, 0) is 36.8 Å². The third-order valence-electron chi connectivity index (χ3n) is 4.94. The van der Waals surface area contributed by atoms with Gasteiger partial charge in [0.05, 0.1) is 24.6 Å². The minimum atomic E-state index is -0.411. The molecule has 0 aliphatic carbocycles. The number of hydrogen-bond acceptors (Lipinski definition) is 6. The van der Waals surface area contributed by atoms with Gasteiger partial charge in [0, 0.05) is 36.1 Å². The maximum absolute atomic E-state index is 11.9. The van der Waals surface area contributed by atoms with Crippen LogP contribution in [-0.2, 0) is 17.8 Å². The molecule has 0 saturated carbocycles. The van der Waals surface area contributed by atoms with E-state index in [0.29, 0.717) is 38.7 Å². The van der Waals surface area contributed by atoms with Crippen LogP contribution in [0.15, 0.2) is 46.8 Å². The highest BCUT2D eigenvalue weighted by atomic mass is 127. The van der Waals surface area contributed by atoms with Crippen LogP contribution in [0.3, 0.4) is 0 Å². The lowest BCUT2D eigenvalue weighted by Gasteiger charge is -2.32. The number of nitrogens with zero attached hydrogens (tertiary/aromatic N) is 3. The van der Waals surface area contributed by atoms with Crippen LogP contribution in [0.25, 0.3) is 0 Å². The number of likely N-dealkylation sites (tertiary alicyclic amines) is 1. The molecule has 2 heterocycles. The number of nitro benzene ring substituents is 1. The Morgan fingerprint density at radius 2 is 2.00 bits per heavy atom. The number of piperidine rings is 1. The number of amides is 1. The summed E-state index contributed by atoms with van der Waals surface area (Å²) in [7, 11) is 0. The van der Waals surface area contributed by atoms with Gasteiger partial charge in [-0.25, -0.2) is 9.79 Å². The van der Waals surface area contributed by atoms with E-state index in [-0.39, 0.29) is 41.8 Å². The second-order valence-electron chi connectivity index (χ2n) is 7.13. The topological polar surface area (TPSA) is 109 Å². The molecule has 0 unspecified atom stereocenters. The fourth-order valence-corrected chi connectivity index (χ4v) is 3.89. The number of guanidine groups is 1. The number of nitro groups is 1. The van der Waals surface area contributed by atoms with Crippen molar-refractivity contribution in [2.75, 3.05) is 19.7 Å². The maximum Gasteiger partial charge on any atom is 0.409 e. The fraction of sp³-hybridized carbons (Fsp3) is 0.429. The zero-order valence-corrected chi connectivity index (χ0v) is 21.0. The molecule has 174 valence electrons. The molecule has 3 rings (SSSR count). The first-order valence-corrected chi connectivity index (χ1v) is 11.2. The van der Waals surface area contributed by atoms with E-state index in [9.17, 15) is 14.9 Å². The van der Waals surface area contributed by atoms with Crippen molar-refractivity contribution >= 4 is 53.1 Å². The summed E-state index contributed by atoms with van der Waals surface area (Å²) in [4.78, 5) is 29.9. The second-order valence-corrected chi connectivity index (χ2v) is 8.16. The standard InChI is InChI=1S/C21H27N5O4S.HI/c1-2-30-21(27)25-11-9-17(10-12-25)24-20(23-15-19-4-3-13-31-19)22-14-16-5-7-18(8-6-16)26(28)29;/h3-8,13,17H,2,9-12,14-15H2,1H3,(H2,22,23,24);1H. The monoisotopic (exact) mass is 573 g/mol. The summed E-state index contributed by atoms with van der Waals surface area (Å²) in [5, 5.41) is 19.7. The van der Waals surface area contributed by atoms with E-state index in [0.717, 1.165) is 18.4 Å². The molecule has 9 nitrogen and oxygen atoms in total. The first-order valence-electron chi connectivity index (χ1n) is 10.3. The van der Waals surface area contributed by atoms with Gasteiger partial charge in [-0.2, -0.15) is 0 Å². The van der Waals surface area contributed by atoms with Crippen LogP contribution in [-0.4, -0.2) is 47.6 Å². The molecule has 0 radical (unpaired) electrons. The number of thiophene rings is 1. The van der Waals surface area contributed by atoms with Gasteiger partial charge >= 0.3 is 6.09 Å². The van der Waals surface area contributed by atoms with E-state index in [1.54, 1.807) is 35.3 Å². The summed E-state index contributed by atoms with van der Waals surface area (Å²) in [5.41, 5.74) is 0.954. The van der Waals surface area contributed by atoms with E-state index in [4.69, 9.17) is 4.74 Å². The molecule has 2 aromatic rings. The normalized spacial score (nSPS) is 14.4. The SMILES string of the molecule is CCOC(=O)N1CCC(NC(=NCc2ccc([N+](=O)[O-])cc2)NCc2cccs2)CC1.I. The molecule has 0 bridgehead atoms. The average Bonchev–Trinajstić information content (AvgIpc) is 3.30. The molecule has 1 saturated heterocycles. The highest BCUT2D eigenvalue weighted by Gasteiger charge is 2.24. The zero-order valence-electron chi connectivity index (χ0n) is 17.9. The number of carbonyl (C=O) groups excluding carboxylic acids is 1. The number of halogens is 1. The Balaban J connectivity index is 0.00000363. The Morgan fingerprint density at radius 3 is 2.59 bits per heavy atom. The van der Waals surface area contributed by atoms with Crippen molar-refractivity contribution in [3.05, 3.63) is 62.3 Å². The molecule has 1 aromatic carbocycles. The number of ether oxygens (including phenoxy) is 1. The van der Waals surface area contributed by atoms with Crippen LogP contribution in [0.5, 0.6) is 0 Å². The molecular formula is C21H28IN5O4S. The molecule has 32 heavy (non-hydrogen) atoms. The van der Waals surface area contributed by atoms with E-state index in [1.807, 2.05) is 11.4 Å². The Hall–Kier alpha value is -2.41. The van der Waals surface area contributed by atoms with Crippen molar-refractivity contribution < 1.29 is 14.5 Å². The highest BCUT2D eigenvalue weighted by molar-refractivity contribution is 14.0. The number of non-ortho nitro benzene ring substituents is 1. The Morgan fingerprint density at radius 1 is 1.28 bits per heavy atom. The second kappa shape index (κ2) is 13.2. The molecule has 2 N–H and O–H groups in total. The highest BCUT2D eigenvalue weighted by Crippen LogP contribution is 2.14. The Bertz CT molecular complexity index is 884. The van der Waals surface area contributed by atoms with Gasteiger partial charge in [-0.15, -0.1) is 35.3 Å². The molecule has 1 fully saturated rings. The van der Waals surface area contributed by atoms with E-state index < -0.39 is 4.92 Å². The minimum absolute atomic E-state index is 0. The summed E-state index contributed by atoms with van der Waals surface area (Å²) >= 11 is 1.67. The van der Waals surface area contributed by atoms with E-state index in [1.165, 1.54) is 17.0 Å². The van der Waals surface area contributed by atoms with Crippen LogP contribution in [0.4, 0.5) is 10.5 Å². The molecule has 1 aromatic heterocycles. The largest absolute Gasteiger partial charge is 0.450 e. The lowest BCUT2D eigenvalue weighted by atomic mass is 10.1. The molecular weight excluding hydrogens is 545 g/mol. The van der Waals surface area contributed by atoms with Gasteiger partial charge < -0.3 is 20.3 Å². The molecule has 11 heteroatoms. The molecule has 0 atom stereocenters. The van der Waals surface area contributed by atoms with Gasteiger partial charge in [0.2, 0.25) is 0 Å². The minimum Gasteiger partial charge on any atom is -0.450 e. The van der Waals surface area contributed by atoms with Crippen LogP contribution < -0.4 is 10.6 Å². The number of carbonyl (C=O) groups is 1. The summed E-state index contributed by atoms with van der Waals surface area (Å²) in [6.45, 7) is 4.52. The molecule has 1 aliphatic rings. The van der Waals surface area contributed by atoms with Crippen molar-refractivity contribution in [3.8, 4) is 0 Å². The van der Waals surface area contributed by atoms with E-state index in [2.05, 4.69) is 21.7 Å². The number of rotatable bonds is 7. The number of aliphatic imine (C=N–C) groups is 1. The van der Waals surface area contributed by atoms with Crippen molar-refractivity contribution in [2.24, 2.45) is 4.99 Å². The summed E-state index contributed by atoms with van der Waals surface area (Å²) < 4.78 is 5.08. The molecule has 1 amide bonds. The van der Waals surface area contributed by atoms with Crippen LogP contribution >= 0.6 is 35.3 Å². The predicted octanol–water partition coefficient (Wildman–Crippen LogP) is 4.13. The zero-order chi connectivity index (χ0) is 22.1. The van der Waals surface area contributed by atoms with Crippen molar-refractivity contribution in [1.82, 2.24) is 15.5 Å². The van der Waals surface area contributed by atoms with Crippen LogP contribution in [0, 0.1) is 10.1 Å². The maximum atomic E-state index is 11.9. The summed E-state index contributed by atoms with van der Waals surface area (Å²) in [5.74, 6) is 0.682. The third kappa shape index (κ3) is 7.93. The van der Waals surface area contributed by atoms with Crippen molar-refractivity contribution in [2.45, 2.75) is 38.9 Å². The van der Waals surface area contributed by atoms with Gasteiger partial charge in [0.1, 0.15) is 0 Å². The first-order chi connectivity index (χ1) is 15.0. The lowest BCUT2D eigenvalue weighted by molar-refractivity contribution is -0.384. The molecule has 0 spiro atoms. The van der Waals surface area contributed by atoms with Gasteiger partial charge in [-0.1, -0.05) is 18.2 Å². The average molecular weight is 573 g/mol. The smallest absolute Gasteiger partial charge is 0.409 e. The van der Waals surface area contributed by atoms with Crippen LogP contribution in [0.1, 0.15) is 30.2 Å². The van der Waals surface area contributed by atoms with Gasteiger partial charge in [-0.3, -0.25) is 10.1 Å². The number of nitrogens with one attached hydrogen (secondary N) is 2. The summed E-state index contributed by atoms with van der Waals surface area (Å²) in [6.07, 6.45) is 1.34. The third-order valence-corrected chi connectivity index (χ3v) is 5.82. The summed E-state index contributed by atoms with van der Waals surface area (Å²) in [6, 6.07) is 10.7. The van der Waals surface area contributed by atoms with Gasteiger partial charge in [0.25, 0.3) is 5.69 Å². The van der Waals surface area contributed by atoms with E-state index >= 15 is 0 Å². The van der Waals surface area contributed by atoms with Crippen molar-refractivity contribution in [1.29, 1.82) is 0 Å². The quantitative estimate of drug-likeness (QED) is 0.170. The fourth-order valence-electron chi connectivity index (χ4n) is 3.24. The first kappa shape index (κ1) is 25.8. The van der Waals surface area contributed by atoms with Gasteiger partial charge in [0.15, 0.2) is 5.96 Å². The lowest BCUT2D eigenvalue weighted by Crippen LogP contribution is -2.49. The predicted molar refractivity (Wildman–Crippen MR) is 136 cm³/mol. The Labute approximate surface area is 208 Å². The van der Waals surface area contributed by atoms with Crippen LogP contribution in [0.2, 0.25) is 0 Å².